The summed E-state index contributed by atoms with van der Waals surface area (Å²) in [6.07, 6.45) is -0.256. The molecule has 0 bridgehead atoms. The monoisotopic (exact) mass is 274 g/mol. The van der Waals surface area contributed by atoms with Gasteiger partial charge >= 0.3 is 0 Å². The number of hydrogen-bond donors (Lipinski definition) is 1. The standard InChI is InChI=1S/C17H19FO2/c1-11-5-4-6-14(12(11)2)16(19)10-13-7-8-17(20-3)15(18)9-13/h4-9,16,19H,10H2,1-3H3. The van der Waals surface area contributed by atoms with Gasteiger partial charge in [-0.25, -0.2) is 4.39 Å². The van der Waals surface area contributed by atoms with Crippen LogP contribution in [0.1, 0.15) is 28.4 Å². The molecule has 2 nitrogen and oxygen atoms in total. The van der Waals surface area contributed by atoms with Gasteiger partial charge in [-0.2, -0.15) is 0 Å². The molecule has 106 valence electrons. The highest BCUT2D eigenvalue weighted by Gasteiger charge is 2.13. The Kier molecular flexibility index (Phi) is 4.40. The van der Waals surface area contributed by atoms with Crippen LogP contribution in [-0.4, -0.2) is 12.2 Å². The smallest absolute Gasteiger partial charge is 0.165 e. The van der Waals surface area contributed by atoms with Crippen LogP contribution in [0.2, 0.25) is 0 Å². The van der Waals surface area contributed by atoms with Crippen molar-refractivity contribution in [1.82, 2.24) is 0 Å². The first-order valence-corrected chi connectivity index (χ1v) is 6.59. The SMILES string of the molecule is COc1ccc(CC(O)c2cccc(C)c2C)cc1F. The fraction of sp³-hybridized carbons (Fsp3) is 0.294. The molecule has 0 radical (unpaired) electrons. The predicted octanol–water partition coefficient (Wildman–Crippen LogP) is 3.73. The van der Waals surface area contributed by atoms with Crippen LogP contribution in [0.5, 0.6) is 5.75 Å². The number of methoxy groups -OCH3 is 1. The average Bonchev–Trinajstić information content (AvgIpc) is 2.42. The Hall–Kier alpha value is -1.87. The molecule has 0 aromatic heterocycles. The maximum absolute atomic E-state index is 13.6. The first kappa shape index (κ1) is 14.5. The molecule has 0 fully saturated rings. The van der Waals surface area contributed by atoms with Crippen LogP contribution in [0.25, 0.3) is 0 Å². The Labute approximate surface area is 118 Å². The largest absolute Gasteiger partial charge is 0.494 e. The fourth-order valence-corrected chi connectivity index (χ4v) is 2.30. The van der Waals surface area contributed by atoms with E-state index in [1.165, 1.54) is 13.2 Å². The highest BCUT2D eigenvalue weighted by atomic mass is 19.1. The van der Waals surface area contributed by atoms with Crippen LogP contribution in [0, 0.1) is 19.7 Å². The Morgan fingerprint density at radius 1 is 1.20 bits per heavy atom. The molecule has 0 heterocycles. The van der Waals surface area contributed by atoms with Crippen molar-refractivity contribution in [2.75, 3.05) is 7.11 Å². The van der Waals surface area contributed by atoms with Gasteiger partial charge in [0.1, 0.15) is 0 Å². The lowest BCUT2D eigenvalue weighted by Gasteiger charge is -2.15. The summed E-state index contributed by atoms with van der Waals surface area (Å²) in [5.41, 5.74) is 3.86. The lowest BCUT2D eigenvalue weighted by Crippen LogP contribution is -2.05. The van der Waals surface area contributed by atoms with Crippen LogP contribution in [0.3, 0.4) is 0 Å². The van der Waals surface area contributed by atoms with E-state index in [9.17, 15) is 9.50 Å². The summed E-state index contributed by atoms with van der Waals surface area (Å²) in [5, 5.41) is 10.3. The summed E-state index contributed by atoms with van der Waals surface area (Å²) in [4.78, 5) is 0. The number of aliphatic hydroxyl groups excluding tert-OH is 1. The van der Waals surface area contributed by atoms with Crippen molar-refractivity contribution in [3.63, 3.8) is 0 Å². The summed E-state index contributed by atoms with van der Waals surface area (Å²) in [7, 11) is 1.43. The molecule has 0 spiro atoms. The number of ether oxygens (including phenoxy) is 1. The van der Waals surface area contributed by atoms with E-state index in [-0.39, 0.29) is 5.75 Å². The fourth-order valence-electron chi connectivity index (χ4n) is 2.30. The quantitative estimate of drug-likeness (QED) is 0.920. The van der Waals surface area contributed by atoms with Crippen LogP contribution < -0.4 is 4.74 Å². The zero-order valence-corrected chi connectivity index (χ0v) is 12.0. The van der Waals surface area contributed by atoms with E-state index in [1.807, 2.05) is 32.0 Å². The topological polar surface area (TPSA) is 29.5 Å². The van der Waals surface area contributed by atoms with E-state index in [2.05, 4.69) is 0 Å². The normalized spacial score (nSPS) is 12.2. The summed E-state index contributed by atoms with van der Waals surface area (Å²) >= 11 is 0. The van der Waals surface area contributed by atoms with Crippen LogP contribution in [-0.2, 0) is 6.42 Å². The number of rotatable bonds is 4. The molecule has 0 saturated carbocycles. The van der Waals surface area contributed by atoms with E-state index >= 15 is 0 Å². The van der Waals surface area contributed by atoms with Crippen molar-refractivity contribution >= 4 is 0 Å². The van der Waals surface area contributed by atoms with Gasteiger partial charge in [0.05, 0.1) is 13.2 Å². The molecule has 0 aliphatic carbocycles. The average molecular weight is 274 g/mol. The summed E-state index contributed by atoms with van der Waals surface area (Å²) < 4.78 is 18.5. The minimum Gasteiger partial charge on any atom is -0.494 e. The summed E-state index contributed by atoms with van der Waals surface area (Å²) in [5.74, 6) is -0.187. The lowest BCUT2D eigenvalue weighted by molar-refractivity contribution is 0.177. The van der Waals surface area contributed by atoms with Gasteiger partial charge in [0.15, 0.2) is 11.6 Å². The van der Waals surface area contributed by atoms with E-state index in [4.69, 9.17) is 4.74 Å². The van der Waals surface area contributed by atoms with Crippen molar-refractivity contribution in [2.45, 2.75) is 26.4 Å². The minimum absolute atomic E-state index is 0.218. The Balaban J connectivity index is 2.21. The third-order valence-electron chi connectivity index (χ3n) is 3.65. The van der Waals surface area contributed by atoms with Gasteiger partial charge in [0.25, 0.3) is 0 Å². The van der Waals surface area contributed by atoms with Gasteiger partial charge in [0, 0.05) is 6.42 Å². The molecule has 1 N–H and O–H groups in total. The second-order valence-electron chi connectivity index (χ2n) is 4.98. The number of benzene rings is 2. The molecule has 0 aliphatic rings. The molecule has 0 amide bonds. The van der Waals surface area contributed by atoms with Crippen LogP contribution in [0.4, 0.5) is 4.39 Å². The number of halogens is 1. The lowest BCUT2D eigenvalue weighted by atomic mass is 9.95. The molecule has 1 atom stereocenters. The molecule has 2 aromatic rings. The van der Waals surface area contributed by atoms with Gasteiger partial charge in [-0.15, -0.1) is 0 Å². The van der Waals surface area contributed by atoms with Gasteiger partial charge in [-0.05, 0) is 48.2 Å². The molecule has 0 aliphatic heterocycles. The highest BCUT2D eigenvalue weighted by Crippen LogP contribution is 2.25. The maximum Gasteiger partial charge on any atom is 0.165 e. The highest BCUT2D eigenvalue weighted by molar-refractivity contribution is 5.36. The molecular weight excluding hydrogens is 255 g/mol. The van der Waals surface area contributed by atoms with Crippen molar-refractivity contribution in [3.05, 3.63) is 64.5 Å². The second-order valence-corrected chi connectivity index (χ2v) is 4.98. The number of aryl methyl sites for hydroxylation is 1. The van der Waals surface area contributed by atoms with Gasteiger partial charge in [0.2, 0.25) is 0 Å². The van der Waals surface area contributed by atoms with Crippen molar-refractivity contribution < 1.29 is 14.2 Å². The van der Waals surface area contributed by atoms with Gasteiger partial charge < -0.3 is 9.84 Å². The third-order valence-corrected chi connectivity index (χ3v) is 3.65. The maximum atomic E-state index is 13.6. The Morgan fingerprint density at radius 2 is 1.95 bits per heavy atom. The first-order chi connectivity index (χ1) is 9.52. The number of aliphatic hydroxyl groups is 1. The van der Waals surface area contributed by atoms with E-state index in [0.717, 1.165) is 22.3 Å². The molecule has 2 aromatic carbocycles. The van der Waals surface area contributed by atoms with Crippen LogP contribution in [0.15, 0.2) is 36.4 Å². The zero-order chi connectivity index (χ0) is 14.7. The molecular formula is C17H19FO2. The van der Waals surface area contributed by atoms with E-state index in [1.54, 1.807) is 12.1 Å². The Morgan fingerprint density at radius 3 is 2.60 bits per heavy atom. The zero-order valence-electron chi connectivity index (χ0n) is 12.0. The van der Waals surface area contributed by atoms with Crippen molar-refractivity contribution in [2.24, 2.45) is 0 Å². The molecule has 0 saturated heterocycles. The van der Waals surface area contributed by atoms with Crippen molar-refractivity contribution in [3.8, 4) is 5.75 Å². The third kappa shape index (κ3) is 2.99. The van der Waals surface area contributed by atoms with Gasteiger partial charge in [-0.1, -0.05) is 24.3 Å². The molecule has 3 heteroatoms. The first-order valence-electron chi connectivity index (χ1n) is 6.59. The Bertz CT molecular complexity index is 608. The number of hydrogen-bond acceptors (Lipinski definition) is 2. The van der Waals surface area contributed by atoms with Crippen molar-refractivity contribution in [1.29, 1.82) is 0 Å². The van der Waals surface area contributed by atoms with E-state index in [0.29, 0.717) is 6.42 Å². The van der Waals surface area contributed by atoms with E-state index < -0.39 is 11.9 Å². The summed E-state index contributed by atoms with van der Waals surface area (Å²) in [6, 6.07) is 10.6. The molecule has 1 unspecified atom stereocenters. The summed E-state index contributed by atoms with van der Waals surface area (Å²) in [6.45, 7) is 4.00. The van der Waals surface area contributed by atoms with Crippen LogP contribution >= 0.6 is 0 Å². The predicted molar refractivity (Wildman–Crippen MR) is 77.5 cm³/mol. The van der Waals surface area contributed by atoms with Gasteiger partial charge in [-0.3, -0.25) is 0 Å². The molecule has 2 rings (SSSR count). The minimum atomic E-state index is -0.636. The second kappa shape index (κ2) is 6.06. The molecule has 20 heavy (non-hydrogen) atoms.